The quantitative estimate of drug-likeness (QED) is 0.0461. The maximum Gasteiger partial charge on any atom is 1.00 e. The van der Waals surface area contributed by atoms with E-state index in [0.717, 1.165) is 41.5 Å². The normalized spacial score (nSPS) is 23.5. The van der Waals surface area contributed by atoms with E-state index >= 15 is 0 Å². The van der Waals surface area contributed by atoms with E-state index in [-0.39, 0.29) is 108 Å². The second kappa shape index (κ2) is 27.3. The molecule has 1 N–H and O–H groups in total. The second-order valence-corrected chi connectivity index (χ2v) is 24.1. The second-order valence-electron chi connectivity index (χ2n) is 24.1. The number of nitrogens with zero attached hydrogens (tertiary/aromatic N) is 4. The monoisotopic (exact) mass is 1170 g/mol. The van der Waals surface area contributed by atoms with Gasteiger partial charge in [-0.1, -0.05) is 142 Å². The molecule has 4 fully saturated rings. The van der Waals surface area contributed by atoms with Gasteiger partial charge in [0.25, 0.3) is 18.3 Å². The Labute approximate surface area is 517 Å². The van der Waals surface area contributed by atoms with Crippen LogP contribution in [-0.2, 0) is 52.7 Å². The summed E-state index contributed by atoms with van der Waals surface area (Å²) in [7, 11) is 0. The molecule has 20 heteroatoms. The fourth-order valence-electron chi connectivity index (χ4n) is 13.5. The van der Waals surface area contributed by atoms with Gasteiger partial charge in [-0.05, 0) is 122 Å². The molecule has 4 saturated heterocycles. The van der Waals surface area contributed by atoms with E-state index in [2.05, 4.69) is 85.2 Å². The van der Waals surface area contributed by atoms with Crippen LogP contribution in [-0.4, -0.2) is 140 Å². The van der Waals surface area contributed by atoms with Gasteiger partial charge >= 0.3 is 59.8 Å². The van der Waals surface area contributed by atoms with E-state index in [1.54, 1.807) is 4.90 Å². The van der Waals surface area contributed by atoms with Crippen LogP contribution in [0.4, 0.5) is 9.59 Å². The summed E-state index contributed by atoms with van der Waals surface area (Å²) in [5.41, 5.74) is 7.04. The van der Waals surface area contributed by atoms with Gasteiger partial charge in [-0.15, -0.1) is 0 Å². The molecule has 19 nitrogen and oxygen atoms in total. The minimum Gasteiger partial charge on any atom is -0.662 e. The third-order valence-corrected chi connectivity index (χ3v) is 17.0. The Morgan fingerprint density at radius 2 is 1.02 bits per heavy atom. The molecule has 444 valence electrons. The molecule has 6 aliphatic heterocycles. The summed E-state index contributed by atoms with van der Waals surface area (Å²) in [5.74, 6) is -1.33. The van der Waals surface area contributed by atoms with Crippen LogP contribution in [0.25, 0.3) is 22.3 Å². The molecular formula is C65H73N4NaO15. The van der Waals surface area contributed by atoms with Gasteiger partial charge in [-0.25, -0.2) is 14.4 Å². The van der Waals surface area contributed by atoms with Crippen LogP contribution >= 0.6 is 0 Å². The maximum atomic E-state index is 13.6. The number of hydrogen-bond acceptors (Lipinski definition) is 14. The van der Waals surface area contributed by atoms with Gasteiger partial charge < -0.3 is 39.3 Å². The summed E-state index contributed by atoms with van der Waals surface area (Å²) in [4.78, 5) is 110. The molecule has 8 aliphatic rings. The molecule has 12 rings (SSSR count). The number of amides is 4. The van der Waals surface area contributed by atoms with Crippen LogP contribution in [0.3, 0.4) is 0 Å². The average Bonchev–Trinajstić information content (AvgIpc) is 2.78. The fraction of sp³-hybridized carbons (Fsp3) is 0.446. The van der Waals surface area contributed by atoms with Crippen molar-refractivity contribution in [1.29, 1.82) is 0 Å². The van der Waals surface area contributed by atoms with Gasteiger partial charge in [0, 0.05) is 37.9 Å². The van der Waals surface area contributed by atoms with Gasteiger partial charge in [0.05, 0.1) is 12.1 Å². The largest absolute Gasteiger partial charge is 1.00 e. The Balaban J connectivity index is 0.000000179. The first-order chi connectivity index (χ1) is 40.1. The zero-order valence-electron chi connectivity index (χ0n) is 49.5. The van der Waals surface area contributed by atoms with Crippen molar-refractivity contribution < 1.29 is 102 Å². The van der Waals surface area contributed by atoms with Crippen molar-refractivity contribution in [2.45, 2.75) is 153 Å². The van der Waals surface area contributed by atoms with Crippen LogP contribution in [0.15, 0.2) is 121 Å². The number of aliphatic carboxylic acids is 1. The minimum absolute atomic E-state index is 0. The van der Waals surface area contributed by atoms with E-state index in [0.29, 0.717) is 51.8 Å². The summed E-state index contributed by atoms with van der Waals surface area (Å²) >= 11 is 0. The topological polar surface area (TPSA) is 247 Å². The fourth-order valence-corrected chi connectivity index (χ4v) is 13.5. The minimum atomic E-state index is -1.16. The summed E-state index contributed by atoms with van der Waals surface area (Å²) in [5, 5.41) is 18.0. The molecule has 0 bridgehead atoms. The van der Waals surface area contributed by atoms with E-state index in [4.69, 9.17) is 33.9 Å². The third kappa shape index (κ3) is 13.4. The Bertz CT molecular complexity index is 3140. The van der Waals surface area contributed by atoms with E-state index in [1.807, 2.05) is 87.5 Å². The van der Waals surface area contributed by atoms with Crippen molar-refractivity contribution >= 4 is 48.6 Å². The van der Waals surface area contributed by atoms with E-state index in [9.17, 15) is 33.9 Å². The smallest absolute Gasteiger partial charge is 0.662 e. The Kier molecular flexibility index (Phi) is 20.9. The summed E-state index contributed by atoms with van der Waals surface area (Å²) < 4.78 is 16.6. The number of esters is 1. The van der Waals surface area contributed by atoms with Crippen LogP contribution in [0, 0.1) is 5.41 Å². The number of ether oxygens (including phenoxy) is 3. The zero-order valence-corrected chi connectivity index (χ0v) is 51.5. The number of likely N-dealkylation sites (tertiary alicyclic amines) is 2. The van der Waals surface area contributed by atoms with Crippen LogP contribution in [0.5, 0.6) is 0 Å². The Morgan fingerprint density at radius 3 is 1.42 bits per heavy atom. The standard InChI is InChI=1S/C27H26N2O5.C20H32N2O3.C16H14O2.CH2O3.CO2.Na/c30-24(31)23-11-10-17-12-14-27(25(32)29(17)23)13-5-15-28(27)26(33)34-16-22-20-8-3-1-6-18(20)19-7-2-4-9-21(19)22;1-18(2,3)15-9-8-14-10-12-20(16(23)22(14)15)11-7-13-21(20)17(24)25-19(4,5)6;1-11(17)18-10-16-14-8-4-2-6-12(14)13-7-3-5-9-15(13)16;2-1-4-3;2-1-3;/h1-4,6-9,12,14,17,22-23H,5,10-11,13,15-16H2,(H,30,31);10,12,14-15H,7-9,11,13H2,1-6H3;2-9,16H,10H2,1H3;1,3H;;/q;;;;;+1/p-1/t17-,23-,27+;14-,15-,20+;;;;/m00..../s1. The van der Waals surface area contributed by atoms with Crippen molar-refractivity contribution in [3.63, 3.8) is 0 Å². The molecule has 85 heavy (non-hydrogen) atoms. The maximum absolute atomic E-state index is 13.6. The van der Waals surface area contributed by atoms with Crippen LogP contribution < -0.4 is 34.8 Å². The molecule has 6 heterocycles. The number of carbonyl (C=O) groups is 7. The van der Waals surface area contributed by atoms with Gasteiger partial charge in [0.2, 0.25) is 0 Å². The number of carboxylic acid groups (broad SMARTS) is 1. The number of carboxylic acids is 1. The van der Waals surface area contributed by atoms with E-state index in [1.165, 1.54) is 39.0 Å². The number of fused-ring (bicyclic) bond motifs is 8. The molecule has 4 aromatic rings. The first-order valence-corrected chi connectivity index (χ1v) is 28.5. The molecule has 0 unspecified atom stereocenters. The Morgan fingerprint density at radius 1 is 0.635 bits per heavy atom. The van der Waals surface area contributed by atoms with Crippen molar-refractivity contribution in [2.24, 2.45) is 5.41 Å². The third-order valence-electron chi connectivity index (χ3n) is 17.0. The zero-order chi connectivity index (χ0) is 60.7. The molecule has 0 saturated carbocycles. The molecule has 6 atom stereocenters. The van der Waals surface area contributed by atoms with Crippen molar-refractivity contribution in [2.75, 3.05) is 26.3 Å². The van der Waals surface area contributed by atoms with Crippen molar-refractivity contribution in [1.82, 2.24) is 19.6 Å². The molecule has 4 aromatic carbocycles. The molecule has 0 aromatic heterocycles. The van der Waals surface area contributed by atoms with Crippen LogP contribution in [0.2, 0.25) is 0 Å². The van der Waals surface area contributed by atoms with Gasteiger partial charge in [0.15, 0.2) is 0 Å². The molecule has 4 amide bonds. The number of rotatable bonds is 6. The summed E-state index contributed by atoms with van der Waals surface area (Å²) in [6.07, 6.45) is 12.9. The number of hydrogen-bond donors (Lipinski definition) is 1. The van der Waals surface area contributed by atoms with Gasteiger partial charge in [-0.2, -0.15) is 9.59 Å². The summed E-state index contributed by atoms with van der Waals surface area (Å²) in [6.45, 7) is 15.0. The molecule has 2 aliphatic carbocycles. The summed E-state index contributed by atoms with van der Waals surface area (Å²) in [6, 6.07) is 32.3. The average molecular weight is 1170 g/mol. The number of carbonyl (C=O) groups excluding carboxylic acids is 8. The van der Waals surface area contributed by atoms with Crippen LogP contribution in [0.1, 0.15) is 134 Å². The molecule has 2 spiro atoms. The number of benzene rings is 4. The predicted molar refractivity (Wildman–Crippen MR) is 304 cm³/mol. The Hall–Kier alpha value is -7.41. The van der Waals surface area contributed by atoms with E-state index < -0.39 is 34.8 Å². The van der Waals surface area contributed by atoms with Gasteiger partial charge in [0.1, 0.15) is 35.9 Å². The SMILES string of the molecule is CC(=O)OCC1c2ccccc2-c2ccccc21.CC(C)(C)OC(=O)N1CCC[C@]12C=C[C@@H]1CC[C@@H](C(C)(C)C)N1C2=O.O=C(O)[C@@H]1CC[C@H]2C=C[C@]3(CCCN3C(=O)OCC3c4ccccc4-c4ccccc43)C(=O)N21.O=C=O.O=CO[O-].[Na+]. The first kappa shape index (κ1) is 65.1. The van der Waals surface area contributed by atoms with Crippen molar-refractivity contribution in [3.05, 3.63) is 144 Å². The molecule has 0 radical (unpaired) electrons. The molecular weight excluding hydrogens is 1100 g/mol. The first-order valence-electron chi connectivity index (χ1n) is 28.5. The van der Waals surface area contributed by atoms with Gasteiger partial charge in [-0.3, -0.25) is 29.0 Å². The predicted octanol–water partition coefficient (Wildman–Crippen LogP) is 5.73. The van der Waals surface area contributed by atoms with Crippen molar-refractivity contribution in [3.8, 4) is 22.3 Å².